The van der Waals surface area contributed by atoms with Gasteiger partial charge in [-0.2, -0.15) is 0 Å². The average molecular weight is 271 g/mol. The molecule has 3 heterocycles. The van der Waals surface area contributed by atoms with Gasteiger partial charge in [0, 0.05) is 25.1 Å². The van der Waals surface area contributed by atoms with E-state index in [1.54, 1.807) is 17.3 Å². The second-order valence-electron chi connectivity index (χ2n) is 4.80. The van der Waals surface area contributed by atoms with Gasteiger partial charge >= 0.3 is 0 Å². The van der Waals surface area contributed by atoms with Gasteiger partial charge in [-0.3, -0.25) is 14.8 Å². The van der Waals surface area contributed by atoms with Crippen LogP contribution in [0.1, 0.15) is 34.8 Å². The number of pyridine rings is 2. The van der Waals surface area contributed by atoms with Gasteiger partial charge in [0.25, 0.3) is 5.91 Å². The number of aromatic nitrogens is 2. The van der Waals surface area contributed by atoms with Crippen LogP contribution in [0.25, 0.3) is 0 Å². The number of hydrogen-bond acceptors (Lipinski definition) is 3. The highest BCUT2D eigenvalue weighted by atomic mass is 19.1. The van der Waals surface area contributed by atoms with Gasteiger partial charge in [-0.05, 0) is 30.5 Å². The number of hydrogen-bond donors (Lipinski definition) is 0. The maximum Gasteiger partial charge on any atom is 0.257 e. The highest BCUT2D eigenvalue weighted by Gasteiger charge is 2.31. The SMILES string of the molecule is O=C(c1ccncc1F)N1CCCC1c1cccnc1. The lowest BCUT2D eigenvalue weighted by atomic mass is 10.1. The summed E-state index contributed by atoms with van der Waals surface area (Å²) in [4.78, 5) is 22.0. The molecule has 4 nitrogen and oxygen atoms in total. The molecule has 1 unspecified atom stereocenters. The summed E-state index contributed by atoms with van der Waals surface area (Å²) in [6, 6.07) is 5.20. The first kappa shape index (κ1) is 12.7. The van der Waals surface area contributed by atoms with E-state index in [0.29, 0.717) is 6.54 Å². The van der Waals surface area contributed by atoms with E-state index in [4.69, 9.17) is 0 Å². The molecule has 1 saturated heterocycles. The Morgan fingerprint density at radius 2 is 2.10 bits per heavy atom. The van der Waals surface area contributed by atoms with Crippen LogP contribution in [0.3, 0.4) is 0 Å². The number of rotatable bonds is 2. The van der Waals surface area contributed by atoms with Crippen LogP contribution in [0, 0.1) is 5.82 Å². The fraction of sp³-hybridized carbons (Fsp3) is 0.267. The van der Waals surface area contributed by atoms with Crippen LogP contribution < -0.4 is 0 Å². The van der Waals surface area contributed by atoms with Crippen LogP contribution in [-0.4, -0.2) is 27.3 Å². The zero-order chi connectivity index (χ0) is 13.9. The minimum atomic E-state index is -0.575. The standard InChI is InChI=1S/C15H14FN3O/c16-13-10-18-7-5-12(13)15(20)19-8-2-4-14(19)11-3-1-6-17-9-11/h1,3,5-7,9-10,14H,2,4,8H2. The van der Waals surface area contributed by atoms with E-state index in [1.165, 1.54) is 12.3 Å². The maximum absolute atomic E-state index is 13.7. The Morgan fingerprint density at radius 1 is 1.25 bits per heavy atom. The third-order valence-corrected chi connectivity index (χ3v) is 3.59. The molecule has 1 amide bonds. The van der Waals surface area contributed by atoms with Crippen LogP contribution in [0.4, 0.5) is 4.39 Å². The van der Waals surface area contributed by atoms with Gasteiger partial charge in [-0.25, -0.2) is 4.39 Å². The van der Waals surface area contributed by atoms with Crippen molar-refractivity contribution < 1.29 is 9.18 Å². The lowest BCUT2D eigenvalue weighted by Crippen LogP contribution is -2.31. The summed E-state index contributed by atoms with van der Waals surface area (Å²) in [7, 11) is 0. The van der Waals surface area contributed by atoms with Gasteiger partial charge in [-0.15, -0.1) is 0 Å². The average Bonchev–Trinajstić information content (AvgIpc) is 2.97. The summed E-state index contributed by atoms with van der Waals surface area (Å²) in [5, 5.41) is 0. The van der Waals surface area contributed by atoms with Crippen molar-refractivity contribution in [2.45, 2.75) is 18.9 Å². The third kappa shape index (κ3) is 2.27. The number of nitrogens with zero attached hydrogens (tertiary/aromatic N) is 3. The van der Waals surface area contributed by atoms with E-state index < -0.39 is 5.82 Å². The third-order valence-electron chi connectivity index (χ3n) is 3.59. The first-order chi connectivity index (χ1) is 9.77. The molecule has 1 atom stereocenters. The van der Waals surface area contributed by atoms with E-state index in [2.05, 4.69) is 9.97 Å². The Bertz CT molecular complexity index is 618. The molecule has 0 spiro atoms. The Morgan fingerprint density at radius 3 is 2.85 bits per heavy atom. The molecule has 0 aliphatic carbocycles. The summed E-state index contributed by atoms with van der Waals surface area (Å²) in [5.74, 6) is -0.856. The molecule has 1 aliphatic rings. The lowest BCUT2D eigenvalue weighted by molar-refractivity contribution is 0.0730. The summed E-state index contributed by atoms with van der Waals surface area (Å²) >= 11 is 0. The van der Waals surface area contributed by atoms with Gasteiger partial charge in [0.2, 0.25) is 0 Å². The molecule has 0 N–H and O–H groups in total. The van der Waals surface area contributed by atoms with E-state index in [0.717, 1.165) is 24.6 Å². The fourth-order valence-corrected chi connectivity index (χ4v) is 2.63. The molecule has 3 rings (SSSR count). The zero-order valence-corrected chi connectivity index (χ0v) is 10.9. The molecule has 102 valence electrons. The van der Waals surface area contributed by atoms with Gasteiger partial charge in [0.1, 0.15) is 0 Å². The highest BCUT2D eigenvalue weighted by Crippen LogP contribution is 2.32. The summed E-state index contributed by atoms with van der Waals surface area (Å²) in [5.41, 5.74) is 1.07. The minimum absolute atomic E-state index is 0.0243. The predicted molar refractivity (Wildman–Crippen MR) is 71.4 cm³/mol. The molecule has 0 aromatic carbocycles. The number of likely N-dealkylation sites (tertiary alicyclic amines) is 1. The molecular weight excluding hydrogens is 257 g/mol. The summed E-state index contributed by atoms with van der Waals surface area (Å²) in [6.45, 7) is 0.639. The van der Waals surface area contributed by atoms with Gasteiger partial charge in [0.05, 0.1) is 17.8 Å². The molecule has 0 radical (unpaired) electrons. The smallest absolute Gasteiger partial charge is 0.257 e. The van der Waals surface area contributed by atoms with E-state index in [-0.39, 0.29) is 17.5 Å². The van der Waals surface area contributed by atoms with Crippen molar-refractivity contribution in [1.82, 2.24) is 14.9 Å². The molecule has 0 saturated carbocycles. The molecule has 0 bridgehead atoms. The second kappa shape index (κ2) is 5.36. The van der Waals surface area contributed by atoms with Crippen LogP contribution >= 0.6 is 0 Å². The van der Waals surface area contributed by atoms with Crippen molar-refractivity contribution >= 4 is 5.91 Å². The molecule has 1 fully saturated rings. The van der Waals surface area contributed by atoms with Gasteiger partial charge in [0.15, 0.2) is 5.82 Å². The monoisotopic (exact) mass is 271 g/mol. The van der Waals surface area contributed by atoms with E-state index in [9.17, 15) is 9.18 Å². The molecule has 20 heavy (non-hydrogen) atoms. The van der Waals surface area contributed by atoms with Crippen LogP contribution in [0.15, 0.2) is 43.0 Å². The number of halogens is 1. The fourth-order valence-electron chi connectivity index (χ4n) is 2.63. The quantitative estimate of drug-likeness (QED) is 0.843. The summed E-state index contributed by atoms with van der Waals surface area (Å²) in [6.07, 6.45) is 7.77. The first-order valence-corrected chi connectivity index (χ1v) is 6.58. The molecular formula is C15H14FN3O. The van der Waals surface area contributed by atoms with E-state index in [1.807, 2.05) is 12.1 Å². The van der Waals surface area contributed by atoms with Crippen molar-refractivity contribution in [3.05, 3.63) is 59.9 Å². The van der Waals surface area contributed by atoms with Crippen LogP contribution in [-0.2, 0) is 0 Å². The largest absolute Gasteiger partial charge is 0.331 e. The van der Waals surface area contributed by atoms with E-state index >= 15 is 0 Å². The van der Waals surface area contributed by atoms with Crippen LogP contribution in [0.2, 0.25) is 0 Å². The molecule has 2 aromatic heterocycles. The Kier molecular flexibility index (Phi) is 3.41. The molecule has 1 aliphatic heterocycles. The normalized spacial score (nSPS) is 18.2. The Balaban J connectivity index is 1.90. The number of amides is 1. The maximum atomic E-state index is 13.7. The van der Waals surface area contributed by atoms with Gasteiger partial charge in [-0.1, -0.05) is 6.07 Å². The van der Waals surface area contributed by atoms with Crippen molar-refractivity contribution in [2.75, 3.05) is 6.54 Å². The van der Waals surface area contributed by atoms with Crippen molar-refractivity contribution in [1.29, 1.82) is 0 Å². The van der Waals surface area contributed by atoms with Crippen molar-refractivity contribution in [3.63, 3.8) is 0 Å². The van der Waals surface area contributed by atoms with Crippen LogP contribution in [0.5, 0.6) is 0 Å². The highest BCUT2D eigenvalue weighted by molar-refractivity contribution is 5.94. The molecule has 2 aromatic rings. The lowest BCUT2D eigenvalue weighted by Gasteiger charge is -2.25. The van der Waals surface area contributed by atoms with Crippen molar-refractivity contribution in [2.24, 2.45) is 0 Å². The topological polar surface area (TPSA) is 46.1 Å². The predicted octanol–water partition coefficient (Wildman–Crippen LogP) is 2.59. The summed E-state index contributed by atoms with van der Waals surface area (Å²) < 4.78 is 13.7. The Hall–Kier alpha value is -2.30. The Labute approximate surface area is 116 Å². The van der Waals surface area contributed by atoms with Gasteiger partial charge < -0.3 is 4.90 Å². The number of carbonyl (C=O) groups excluding carboxylic acids is 1. The second-order valence-corrected chi connectivity index (χ2v) is 4.80. The number of carbonyl (C=O) groups is 1. The molecule has 5 heteroatoms. The van der Waals surface area contributed by atoms with Crippen molar-refractivity contribution in [3.8, 4) is 0 Å². The minimum Gasteiger partial charge on any atom is -0.331 e. The zero-order valence-electron chi connectivity index (χ0n) is 10.9. The first-order valence-electron chi connectivity index (χ1n) is 6.58.